The molecule has 0 heterocycles. The molecule has 2 atom stereocenters. The molecule has 0 aliphatic heterocycles. The highest BCUT2D eigenvalue weighted by Crippen LogP contribution is 2.49. The van der Waals surface area contributed by atoms with Gasteiger partial charge in [-0.05, 0) is 42.2 Å². The van der Waals surface area contributed by atoms with Crippen molar-refractivity contribution in [2.24, 2.45) is 5.92 Å². The summed E-state index contributed by atoms with van der Waals surface area (Å²) in [4.78, 5) is 24.0. The fraction of sp³-hybridized carbons (Fsp3) is 0.300. The lowest BCUT2D eigenvalue weighted by Crippen LogP contribution is -2.16. The fourth-order valence-electron chi connectivity index (χ4n) is 3.13. The molecule has 0 aromatic heterocycles. The maximum Gasteiger partial charge on any atom is 0.335 e. The van der Waals surface area contributed by atoms with Gasteiger partial charge < -0.3 is 24.6 Å². The zero-order valence-corrected chi connectivity index (χ0v) is 15.3. The van der Waals surface area contributed by atoms with Gasteiger partial charge in [0.1, 0.15) is 5.75 Å². The number of carbonyl (C=O) groups is 2. The fourth-order valence-corrected chi connectivity index (χ4v) is 3.13. The molecule has 2 aromatic rings. The third-order valence-electron chi connectivity index (χ3n) is 4.63. The number of carboxylic acids is 1. The minimum Gasteiger partial charge on any atom is -0.497 e. The lowest BCUT2D eigenvalue weighted by Gasteiger charge is -2.15. The second-order valence-electron chi connectivity index (χ2n) is 6.28. The van der Waals surface area contributed by atoms with Crippen LogP contribution in [0.15, 0.2) is 36.4 Å². The molecule has 27 heavy (non-hydrogen) atoms. The van der Waals surface area contributed by atoms with E-state index in [-0.39, 0.29) is 40.5 Å². The molecule has 0 unspecified atom stereocenters. The molecule has 0 saturated heterocycles. The normalized spacial score (nSPS) is 17.7. The molecule has 7 nitrogen and oxygen atoms in total. The minimum atomic E-state index is -1.12. The van der Waals surface area contributed by atoms with Crippen molar-refractivity contribution in [3.8, 4) is 17.2 Å². The van der Waals surface area contributed by atoms with Gasteiger partial charge in [-0.3, -0.25) is 4.79 Å². The van der Waals surface area contributed by atoms with Crippen LogP contribution >= 0.6 is 0 Å². The van der Waals surface area contributed by atoms with Crippen molar-refractivity contribution in [1.82, 2.24) is 0 Å². The second kappa shape index (κ2) is 7.57. The summed E-state index contributed by atoms with van der Waals surface area (Å²) in [7, 11) is 4.45. The molecule has 3 rings (SSSR count). The van der Waals surface area contributed by atoms with E-state index in [0.717, 1.165) is 17.7 Å². The Morgan fingerprint density at radius 1 is 1.07 bits per heavy atom. The van der Waals surface area contributed by atoms with Gasteiger partial charge in [0.05, 0.1) is 32.6 Å². The van der Waals surface area contributed by atoms with Crippen LogP contribution in [0.1, 0.15) is 28.3 Å². The summed E-state index contributed by atoms with van der Waals surface area (Å²) in [5.41, 5.74) is 1.32. The predicted molar refractivity (Wildman–Crippen MR) is 99.0 cm³/mol. The Morgan fingerprint density at radius 3 is 2.48 bits per heavy atom. The maximum atomic E-state index is 12.7. The molecule has 7 heteroatoms. The second-order valence-corrected chi connectivity index (χ2v) is 6.28. The maximum absolute atomic E-state index is 12.7. The molecule has 0 bridgehead atoms. The number of ether oxygens (including phenoxy) is 3. The van der Waals surface area contributed by atoms with Gasteiger partial charge >= 0.3 is 5.97 Å². The van der Waals surface area contributed by atoms with Crippen molar-refractivity contribution in [2.45, 2.75) is 12.3 Å². The van der Waals surface area contributed by atoms with Gasteiger partial charge in [0, 0.05) is 5.92 Å². The van der Waals surface area contributed by atoms with E-state index in [2.05, 4.69) is 5.32 Å². The lowest BCUT2D eigenvalue weighted by molar-refractivity contribution is -0.117. The highest BCUT2D eigenvalue weighted by molar-refractivity contribution is 5.99. The molecule has 0 radical (unpaired) electrons. The topological polar surface area (TPSA) is 94.1 Å². The van der Waals surface area contributed by atoms with E-state index in [4.69, 9.17) is 14.2 Å². The summed E-state index contributed by atoms with van der Waals surface area (Å²) in [6.07, 6.45) is 0.719. The molecule has 2 aromatic carbocycles. The Kier molecular flexibility index (Phi) is 5.21. The third-order valence-corrected chi connectivity index (χ3v) is 4.63. The molecule has 1 amide bonds. The predicted octanol–water partition coefficient (Wildman–Crippen LogP) is 3.15. The van der Waals surface area contributed by atoms with Crippen molar-refractivity contribution in [2.75, 3.05) is 26.6 Å². The molecule has 2 N–H and O–H groups in total. The first kappa shape index (κ1) is 18.6. The van der Waals surface area contributed by atoms with Crippen molar-refractivity contribution < 1.29 is 28.9 Å². The minimum absolute atomic E-state index is 0.00286. The van der Waals surface area contributed by atoms with Gasteiger partial charge in [-0.25, -0.2) is 4.79 Å². The van der Waals surface area contributed by atoms with E-state index >= 15 is 0 Å². The number of rotatable bonds is 7. The van der Waals surface area contributed by atoms with Crippen LogP contribution in [0.5, 0.6) is 17.2 Å². The largest absolute Gasteiger partial charge is 0.497 e. The Hall–Kier alpha value is -3.22. The summed E-state index contributed by atoms with van der Waals surface area (Å²) in [6, 6.07) is 10.4. The summed E-state index contributed by atoms with van der Waals surface area (Å²) < 4.78 is 15.7. The molecule has 0 spiro atoms. The van der Waals surface area contributed by atoms with Crippen LogP contribution in [0.3, 0.4) is 0 Å². The van der Waals surface area contributed by atoms with Crippen LogP contribution in [0.4, 0.5) is 5.69 Å². The monoisotopic (exact) mass is 371 g/mol. The highest BCUT2D eigenvalue weighted by atomic mass is 16.5. The SMILES string of the molecule is COc1cccc([C@H]2C[C@@H]2C(=O)Nc2cc(C(=O)O)cc(OC)c2OC)c1. The Morgan fingerprint density at radius 2 is 1.85 bits per heavy atom. The Bertz CT molecular complexity index is 879. The van der Waals surface area contributed by atoms with Crippen molar-refractivity contribution in [1.29, 1.82) is 0 Å². The summed E-state index contributed by atoms with van der Waals surface area (Å²) in [5, 5.41) is 12.1. The molecule has 1 fully saturated rings. The van der Waals surface area contributed by atoms with Crippen molar-refractivity contribution in [3.63, 3.8) is 0 Å². The number of methoxy groups -OCH3 is 3. The first-order valence-corrected chi connectivity index (χ1v) is 8.42. The molecular formula is C20H21NO6. The van der Waals surface area contributed by atoms with Gasteiger partial charge in [0.2, 0.25) is 5.91 Å². The lowest BCUT2D eigenvalue weighted by atomic mass is 10.1. The van der Waals surface area contributed by atoms with Gasteiger partial charge in [-0.1, -0.05) is 12.1 Å². The average molecular weight is 371 g/mol. The average Bonchev–Trinajstić information content (AvgIpc) is 3.48. The standard InChI is InChI=1S/C20H21NO6/c1-25-13-6-4-5-11(7-13)14-10-15(14)19(22)21-16-8-12(20(23)24)9-17(26-2)18(16)27-3/h4-9,14-15H,10H2,1-3H3,(H,21,22)(H,23,24)/t14-,15+/m1/s1. The number of hydrogen-bond acceptors (Lipinski definition) is 5. The first-order chi connectivity index (χ1) is 13.0. The van der Waals surface area contributed by atoms with E-state index in [1.54, 1.807) is 7.11 Å². The summed E-state index contributed by atoms with van der Waals surface area (Å²) in [6.45, 7) is 0. The number of carbonyl (C=O) groups excluding carboxylic acids is 1. The van der Waals surface area contributed by atoms with Crippen LogP contribution in [-0.4, -0.2) is 38.3 Å². The van der Waals surface area contributed by atoms with E-state index in [1.807, 2.05) is 24.3 Å². The van der Waals surface area contributed by atoms with E-state index in [1.165, 1.54) is 26.4 Å². The van der Waals surface area contributed by atoms with E-state index < -0.39 is 5.97 Å². The molecular weight excluding hydrogens is 350 g/mol. The summed E-state index contributed by atoms with van der Waals surface area (Å²) in [5.74, 6) is -0.115. The number of amides is 1. The number of benzene rings is 2. The zero-order chi connectivity index (χ0) is 19.6. The van der Waals surface area contributed by atoms with Gasteiger partial charge in [-0.2, -0.15) is 0 Å². The van der Waals surface area contributed by atoms with E-state index in [9.17, 15) is 14.7 Å². The number of anilines is 1. The van der Waals surface area contributed by atoms with Gasteiger partial charge in [0.25, 0.3) is 0 Å². The summed E-state index contributed by atoms with van der Waals surface area (Å²) >= 11 is 0. The first-order valence-electron chi connectivity index (χ1n) is 8.42. The van der Waals surface area contributed by atoms with Gasteiger partial charge in [-0.15, -0.1) is 0 Å². The molecule has 142 valence electrons. The quantitative estimate of drug-likeness (QED) is 0.776. The van der Waals surface area contributed by atoms with Crippen LogP contribution in [0.2, 0.25) is 0 Å². The van der Waals surface area contributed by atoms with Crippen molar-refractivity contribution >= 4 is 17.6 Å². The molecule has 1 aliphatic carbocycles. The van der Waals surface area contributed by atoms with Crippen LogP contribution in [0.25, 0.3) is 0 Å². The molecule has 1 aliphatic rings. The number of hydrogen-bond donors (Lipinski definition) is 2. The number of carboxylic acid groups (broad SMARTS) is 1. The van der Waals surface area contributed by atoms with Gasteiger partial charge in [0.15, 0.2) is 11.5 Å². The highest BCUT2D eigenvalue weighted by Gasteiger charge is 2.44. The smallest absolute Gasteiger partial charge is 0.335 e. The number of aromatic carboxylic acids is 1. The Labute approximate surface area is 156 Å². The third kappa shape index (κ3) is 3.81. The molecule has 1 saturated carbocycles. The van der Waals surface area contributed by atoms with E-state index in [0.29, 0.717) is 0 Å². The van der Waals surface area contributed by atoms with Crippen LogP contribution < -0.4 is 19.5 Å². The number of nitrogens with one attached hydrogen (secondary N) is 1. The van der Waals surface area contributed by atoms with Crippen molar-refractivity contribution in [3.05, 3.63) is 47.5 Å². The zero-order valence-electron chi connectivity index (χ0n) is 15.3. The van der Waals surface area contributed by atoms with Crippen LogP contribution in [0, 0.1) is 5.92 Å². The van der Waals surface area contributed by atoms with Crippen LogP contribution in [-0.2, 0) is 4.79 Å². The Balaban J connectivity index is 1.80.